The second-order valence-corrected chi connectivity index (χ2v) is 5.01. The Labute approximate surface area is 98.0 Å². The first-order valence-electron chi connectivity index (χ1n) is 4.99. The van der Waals surface area contributed by atoms with Crippen LogP contribution in [-0.2, 0) is 0 Å². The van der Waals surface area contributed by atoms with Crippen molar-refractivity contribution in [1.82, 2.24) is 0 Å². The molecule has 0 atom stereocenters. The van der Waals surface area contributed by atoms with Crippen LogP contribution >= 0.6 is 22.6 Å². The van der Waals surface area contributed by atoms with Crippen molar-refractivity contribution in [2.75, 3.05) is 0 Å². The molecule has 0 N–H and O–H groups in total. The summed E-state index contributed by atoms with van der Waals surface area (Å²) in [5.74, 6) is 0.662. The number of ketones is 1. The Balaban J connectivity index is 2.31. The first-order chi connectivity index (χ1) is 6.70. The van der Waals surface area contributed by atoms with Crippen molar-refractivity contribution in [2.24, 2.45) is 5.92 Å². The maximum Gasteiger partial charge on any atom is 0.167 e. The molecule has 0 bridgehead atoms. The lowest BCUT2D eigenvalue weighted by molar-refractivity contribution is 0.0854. The van der Waals surface area contributed by atoms with Crippen molar-refractivity contribution in [1.29, 1.82) is 0 Å². The molecule has 0 amide bonds. The van der Waals surface area contributed by atoms with Gasteiger partial charge in [-0.2, -0.15) is 0 Å². The smallest absolute Gasteiger partial charge is 0.167 e. The molecule has 1 fully saturated rings. The molecule has 0 radical (unpaired) electrons. The lowest BCUT2D eigenvalue weighted by atomic mass is 9.80. The Kier molecular flexibility index (Phi) is 2.91. The summed E-state index contributed by atoms with van der Waals surface area (Å²) in [5, 5.41) is 0. The summed E-state index contributed by atoms with van der Waals surface area (Å²) >= 11 is 2.27. The van der Waals surface area contributed by atoms with E-state index in [-0.39, 0.29) is 0 Å². The zero-order chi connectivity index (χ0) is 10.1. The molecule has 2 rings (SSSR count). The predicted octanol–water partition coefficient (Wildman–Crippen LogP) is 3.58. The molecule has 0 unspecified atom stereocenters. The van der Waals surface area contributed by atoms with Crippen LogP contribution in [0.1, 0.15) is 35.2 Å². The quantitative estimate of drug-likeness (QED) is 0.602. The van der Waals surface area contributed by atoms with Gasteiger partial charge in [-0.1, -0.05) is 24.6 Å². The van der Waals surface area contributed by atoms with Gasteiger partial charge in [-0.25, -0.2) is 0 Å². The third-order valence-corrected chi connectivity index (χ3v) is 4.37. The fourth-order valence-electron chi connectivity index (χ4n) is 1.73. The zero-order valence-electron chi connectivity index (χ0n) is 8.22. The van der Waals surface area contributed by atoms with E-state index in [4.69, 9.17) is 0 Å². The van der Waals surface area contributed by atoms with Crippen molar-refractivity contribution in [3.8, 4) is 0 Å². The largest absolute Gasteiger partial charge is 0.294 e. The molecule has 0 saturated heterocycles. The van der Waals surface area contributed by atoms with Gasteiger partial charge in [0.15, 0.2) is 5.78 Å². The van der Waals surface area contributed by atoms with Gasteiger partial charge in [-0.15, -0.1) is 0 Å². The van der Waals surface area contributed by atoms with Crippen LogP contribution in [0, 0.1) is 16.4 Å². The highest BCUT2D eigenvalue weighted by molar-refractivity contribution is 14.1. The fraction of sp³-hybridized carbons (Fsp3) is 0.417. The molecule has 0 spiro atoms. The van der Waals surface area contributed by atoms with Crippen LogP contribution in [0.2, 0.25) is 0 Å². The van der Waals surface area contributed by atoms with Gasteiger partial charge < -0.3 is 0 Å². The molecule has 0 aromatic heterocycles. The molecular formula is C12H13IO. The van der Waals surface area contributed by atoms with Gasteiger partial charge in [-0.05, 0) is 47.9 Å². The molecule has 1 aliphatic rings. The van der Waals surface area contributed by atoms with E-state index in [1.165, 1.54) is 12.0 Å². The lowest BCUT2D eigenvalue weighted by Gasteiger charge is -2.24. The van der Waals surface area contributed by atoms with Gasteiger partial charge in [0.2, 0.25) is 0 Å². The van der Waals surface area contributed by atoms with Gasteiger partial charge in [0.1, 0.15) is 0 Å². The first kappa shape index (κ1) is 10.1. The number of rotatable bonds is 2. The minimum atomic E-state index is 0.310. The Hall–Kier alpha value is -0.380. The summed E-state index contributed by atoms with van der Waals surface area (Å²) < 4.78 is 1.13. The maximum absolute atomic E-state index is 12.0. The van der Waals surface area contributed by atoms with Crippen molar-refractivity contribution in [3.63, 3.8) is 0 Å². The predicted molar refractivity (Wildman–Crippen MR) is 65.6 cm³/mol. The number of hydrogen-bond donors (Lipinski definition) is 0. The van der Waals surface area contributed by atoms with Crippen molar-refractivity contribution < 1.29 is 4.79 Å². The molecule has 1 saturated carbocycles. The van der Waals surface area contributed by atoms with E-state index in [0.29, 0.717) is 11.7 Å². The van der Waals surface area contributed by atoms with Gasteiger partial charge in [0.05, 0.1) is 0 Å². The van der Waals surface area contributed by atoms with Gasteiger partial charge in [0.25, 0.3) is 0 Å². The van der Waals surface area contributed by atoms with E-state index in [1.807, 2.05) is 12.1 Å². The minimum Gasteiger partial charge on any atom is -0.294 e. The van der Waals surface area contributed by atoms with Gasteiger partial charge in [-0.3, -0.25) is 4.79 Å². The minimum absolute atomic E-state index is 0.310. The molecule has 1 nitrogen and oxygen atoms in total. The van der Waals surface area contributed by atoms with Crippen LogP contribution in [0.3, 0.4) is 0 Å². The second-order valence-electron chi connectivity index (χ2n) is 3.93. The fourth-order valence-corrected chi connectivity index (χ4v) is 2.35. The Morgan fingerprint density at radius 2 is 2.14 bits per heavy atom. The highest BCUT2D eigenvalue weighted by atomic mass is 127. The topological polar surface area (TPSA) is 17.1 Å². The van der Waals surface area contributed by atoms with Crippen molar-refractivity contribution >= 4 is 28.4 Å². The monoisotopic (exact) mass is 300 g/mol. The normalized spacial score (nSPS) is 16.4. The Morgan fingerprint density at radius 3 is 2.71 bits per heavy atom. The van der Waals surface area contributed by atoms with E-state index in [9.17, 15) is 4.79 Å². The number of hydrogen-bond acceptors (Lipinski definition) is 1. The molecule has 1 aromatic rings. The van der Waals surface area contributed by atoms with Crippen LogP contribution in [0.15, 0.2) is 18.2 Å². The molecule has 1 aromatic carbocycles. The molecule has 2 heteroatoms. The van der Waals surface area contributed by atoms with Crippen LogP contribution in [0.5, 0.6) is 0 Å². The second kappa shape index (κ2) is 4.01. The standard InChI is InChI=1S/C12H13IO/c1-8-4-2-7-10(11(8)13)12(14)9-5-3-6-9/h2,4,7,9H,3,5-6H2,1H3. The number of aryl methyl sites for hydroxylation is 1. The van der Waals surface area contributed by atoms with Gasteiger partial charge >= 0.3 is 0 Å². The summed E-state index contributed by atoms with van der Waals surface area (Å²) in [4.78, 5) is 12.0. The Bertz CT molecular complexity index is 367. The maximum atomic E-state index is 12.0. The summed E-state index contributed by atoms with van der Waals surface area (Å²) in [6.07, 6.45) is 3.39. The number of Topliss-reactive ketones (excluding diaryl/α,β-unsaturated/α-hetero) is 1. The molecule has 1 aliphatic carbocycles. The molecule has 74 valence electrons. The number of carbonyl (C=O) groups is 1. The molecule has 0 aliphatic heterocycles. The van der Waals surface area contributed by atoms with E-state index >= 15 is 0 Å². The third kappa shape index (κ3) is 1.72. The number of carbonyl (C=O) groups excluding carboxylic acids is 1. The van der Waals surface area contributed by atoms with Crippen LogP contribution in [-0.4, -0.2) is 5.78 Å². The average molecular weight is 300 g/mol. The summed E-state index contributed by atoms with van der Waals surface area (Å²) in [7, 11) is 0. The lowest BCUT2D eigenvalue weighted by Crippen LogP contribution is -2.22. The molecule has 14 heavy (non-hydrogen) atoms. The van der Waals surface area contributed by atoms with Crippen molar-refractivity contribution in [2.45, 2.75) is 26.2 Å². The summed E-state index contributed by atoms with van der Waals surface area (Å²) in [5.41, 5.74) is 2.13. The zero-order valence-corrected chi connectivity index (χ0v) is 10.4. The van der Waals surface area contributed by atoms with E-state index in [0.717, 1.165) is 22.0 Å². The molecular weight excluding hydrogens is 287 g/mol. The third-order valence-electron chi connectivity index (χ3n) is 2.93. The SMILES string of the molecule is Cc1cccc(C(=O)C2CCC2)c1I. The number of benzene rings is 1. The summed E-state index contributed by atoms with van der Waals surface area (Å²) in [6.45, 7) is 2.05. The van der Waals surface area contributed by atoms with E-state index < -0.39 is 0 Å². The molecule has 0 heterocycles. The van der Waals surface area contributed by atoms with Crippen LogP contribution in [0.4, 0.5) is 0 Å². The van der Waals surface area contributed by atoms with E-state index in [1.54, 1.807) is 0 Å². The van der Waals surface area contributed by atoms with Gasteiger partial charge in [0, 0.05) is 15.1 Å². The number of halogens is 1. The first-order valence-corrected chi connectivity index (χ1v) is 6.07. The summed E-state index contributed by atoms with van der Waals surface area (Å²) in [6, 6.07) is 5.98. The van der Waals surface area contributed by atoms with Crippen LogP contribution in [0.25, 0.3) is 0 Å². The highest BCUT2D eigenvalue weighted by Gasteiger charge is 2.27. The average Bonchev–Trinajstić information content (AvgIpc) is 2.06. The van der Waals surface area contributed by atoms with Crippen molar-refractivity contribution in [3.05, 3.63) is 32.9 Å². The highest BCUT2D eigenvalue weighted by Crippen LogP contribution is 2.31. The van der Waals surface area contributed by atoms with E-state index in [2.05, 4.69) is 35.6 Å². The van der Waals surface area contributed by atoms with Crippen LogP contribution < -0.4 is 0 Å². The Morgan fingerprint density at radius 1 is 1.43 bits per heavy atom.